The Kier molecular flexibility index (Phi) is 4.27. The molecule has 0 saturated carbocycles. The second kappa shape index (κ2) is 5.93. The molecule has 2 aromatic heterocycles. The predicted molar refractivity (Wildman–Crippen MR) is 73.1 cm³/mol. The summed E-state index contributed by atoms with van der Waals surface area (Å²) in [4.78, 5) is 0. The van der Waals surface area contributed by atoms with Gasteiger partial charge in [-0.2, -0.15) is 0 Å². The summed E-state index contributed by atoms with van der Waals surface area (Å²) in [5, 5.41) is 10.2. The average Bonchev–Trinajstić information content (AvgIpc) is 2.90. The molecule has 2 heterocycles. The first-order valence-corrected chi connectivity index (χ1v) is 6.51. The van der Waals surface area contributed by atoms with Crippen LogP contribution in [0.1, 0.15) is 36.6 Å². The normalized spacial score (nSPS) is 11.2. The largest absolute Gasteiger partial charge is 0.468 e. The fourth-order valence-corrected chi connectivity index (χ4v) is 1.75. The minimum absolute atomic E-state index is 0.396. The second-order valence-corrected chi connectivity index (χ2v) is 5.03. The van der Waals surface area contributed by atoms with Crippen molar-refractivity contribution in [2.45, 2.75) is 46.9 Å². The second-order valence-electron chi connectivity index (χ2n) is 5.03. The van der Waals surface area contributed by atoms with Gasteiger partial charge in [0.1, 0.15) is 18.1 Å². The molecule has 2 N–H and O–H groups in total. The molecule has 2 aromatic rings. The number of nitrogens with one attached hydrogen (secondary N) is 2. The molecule has 0 spiro atoms. The van der Waals surface area contributed by atoms with Gasteiger partial charge in [-0.15, -0.1) is 5.10 Å². The molecule has 0 radical (unpaired) electrons. The molecule has 0 aromatic carbocycles. The third kappa shape index (κ3) is 3.86. The molecule has 0 aliphatic heterocycles. The fraction of sp³-hybridized carbons (Fsp3) is 0.500. The highest BCUT2D eigenvalue weighted by Gasteiger charge is 2.09. The Balaban J connectivity index is 1.92. The van der Waals surface area contributed by atoms with Crippen molar-refractivity contribution < 1.29 is 9.15 Å². The lowest BCUT2D eigenvalue weighted by atomic mass is 10.2. The van der Waals surface area contributed by atoms with Crippen LogP contribution in [0.15, 0.2) is 16.5 Å². The smallest absolute Gasteiger partial charge is 0.233 e. The number of rotatable bonds is 6. The van der Waals surface area contributed by atoms with Gasteiger partial charge in [0, 0.05) is 17.8 Å². The van der Waals surface area contributed by atoms with Crippen molar-refractivity contribution in [2.75, 3.05) is 0 Å². The summed E-state index contributed by atoms with van der Waals surface area (Å²) < 4.78 is 11.3. The van der Waals surface area contributed by atoms with Crippen LogP contribution in [-0.4, -0.2) is 16.2 Å². The highest BCUT2D eigenvalue weighted by Crippen LogP contribution is 2.17. The summed E-state index contributed by atoms with van der Waals surface area (Å²) in [6.45, 7) is 9.35. The molecule has 2 rings (SSSR count). The minimum atomic E-state index is 0.396. The van der Waals surface area contributed by atoms with E-state index in [4.69, 9.17) is 9.15 Å². The maximum Gasteiger partial charge on any atom is 0.233 e. The van der Waals surface area contributed by atoms with Gasteiger partial charge in [-0.25, -0.2) is 0 Å². The Morgan fingerprint density at radius 3 is 2.79 bits per heavy atom. The number of aromatic amines is 1. The van der Waals surface area contributed by atoms with Gasteiger partial charge in [0.2, 0.25) is 5.88 Å². The van der Waals surface area contributed by atoms with E-state index in [1.807, 2.05) is 26.0 Å². The number of hydrogen-bond donors (Lipinski definition) is 2. The topological polar surface area (TPSA) is 63.1 Å². The molecule has 0 saturated heterocycles. The van der Waals surface area contributed by atoms with E-state index >= 15 is 0 Å². The van der Waals surface area contributed by atoms with E-state index in [0.717, 1.165) is 29.3 Å². The highest BCUT2D eigenvalue weighted by molar-refractivity contribution is 5.20. The van der Waals surface area contributed by atoms with Gasteiger partial charge in [-0.05, 0) is 25.5 Å². The number of aryl methyl sites for hydroxylation is 2. The van der Waals surface area contributed by atoms with Gasteiger partial charge >= 0.3 is 0 Å². The van der Waals surface area contributed by atoms with Crippen molar-refractivity contribution in [1.82, 2.24) is 15.5 Å². The summed E-state index contributed by atoms with van der Waals surface area (Å²) in [5.74, 6) is 2.37. The summed E-state index contributed by atoms with van der Waals surface area (Å²) in [6.07, 6.45) is 0. The number of nitrogens with zero attached hydrogens (tertiary/aromatic N) is 1. The Morgan fingerprint density at radius 2 is 2.16 bits per heavy atom. The molecule has 0 amide bonds. The molecule has 0 aliphatic rings. The van der Waals surface area contributed by atoms with E-state index in [1.165, 1.54) is 0 Å². The lowest BCUT2D eigenvalue weighted by molar-refractivity contribution is 0.255. The van der Waals surface area contributed by atoms with Crippen molar-refractivity contribution in [1.29, 1.82) is 0 Å². The van der Waals surface area contributed by atoms with Crippen LogP contribution in [0.3, 0.4) is 0 Å². The lowest BCUT2D eigenvalue weighted by Crippen LogP contribution is -2.21. The van der Waals surface area contributed by atoms with Crippen molar-refractivity contribution >= 4 is 0 Å². The average molecular weight is 263 g/mol. The molecule has 0 aliphatic carbocycles. The van der Waals surface area contributed by atoms with Crippen LogP contribution in [0, 0.1) is 13.8 Å². The van der Waals surface area contributed by atoms with Gasteiger partial charge in [-0.1, -0.05) is 13.8 Å². The van der Waals surface area contributed by atoms with Crippen LogP contribution < -0.4 is 10.1 Å². The Bertz CT molecular complexity index is 529. The van der Waals surface area contributed by atoms with Crippen LogP contribution in [0.4, 0.5) is 0 Å². The first kappa shape index (κ1) is 13.7. The molecule has 0 atom stereocenters. The number of ether oxygens (including phenoxy) is 1. The lowest BCUT2D eigenvalue weighted by Gasteiger charge is -2.06. The van der Waals surface area contributed by atoms with E-state index < -0.39 is 0 Å². The molecule has 5 nitrogen and oxygen atoms in total. The standard InChI is InChI=1S/C14H21N3O2/c1-9(2)15-7-13-10(3)5-12(19-13)8-18-14-6-11(4)16-17-14/h5-6,9,15H,7-8H2,1-4H3,(H,16,17). The van der Waals surface area contributed by atoms with E-state index in [0.29, 0.717) is 18.5 Å². The van der Waals surface area contributed by atoms with E-state index in [1.54, 1.807) is 0 Å². The minimum Gasteiger partial charge on any atom is -0.468 e. The summed E-state index contributed by atoms with van der Waals surface area (Å²) >= 11 is 0. The van der Waals surface area contributed by atoms with Crippen molar-refractivity contribution in [3.8, 4) is 5.88 Å². The quantitative estimate of drug-likeness (QED) is 0.841. The van der Waals surface area contributed by atoms with Gasteiger partial charge in [0.25, 0.3) is 0 Å². The predicted octanol–water partition coefficient (Wildman–Crippen LogP) is 2.70. The maximum absolute atomic E-state index is 5.77. The van der Waals surface area contributed by atoms with Gasteiger partial charge < -0.3 is 14.5 Å². The van der Waals surface area contributed by atoms with Crippen LogP contribution in [0.25, 0.3) is 0 Å². The molecular weight excluding hydrogens is 242 g/mol. The number of hydrogen-bond acceptors (Lipinski definition) is 4. The monoisotopic (exact) mass is 263 g/mol. The first-order chi connectivity index (χ1) is 9.04. The molecule has 5 heteroatoms. The molecular formula is C14H21N3O2. The third-order valence-corrected chi connectivity index (χ3v) is 2.79. The summed E-state index contributed by atoms with van der Waals surface area (Å²) in [7, 11) is 0. The zero-order valence-electron chi connectivity index (χ0n) is 11.9. The third-order valence-electron chi connectivity index (χ3n) is 2.79. The summed E-state index contributed by atoms with van der Waals surface area (Å²) in [5.41, 5.74) is 2.12. The summed E-state index contributed by atoms with van der Waals surface area (Å²) in [6, 6.07) is 4.31. The van der Waals surface area contributed by atoms with Crippen molar-refractivity contribution in [2.24, 2.45) is 0 Å². The Labute approximate surface area is 113 Å². The van der Waals surface area contributed by atoms with E-state index in [-0.39, 0.29) is 0 Å². The zero-order chi connectivity index (χ0) is 13.8. The van der Waals surface area contributed by atoms with E-state index in [9.17, 15) is 0 Å². The van der Waals surface area contributed by atoms with Gasteiger partial charge in [0.15, 0.2) is 0 Å². The highest BCUT2D eigenvalue weighted by atomic mass is 16.5. The molecule has 19 heavy (non-hydrogen) atoms. The van der Waals surface area contributed by atoms with Gasteiger partial charge in [0.05, 0.1) is 6.54 Å². The van der Waals surface area contributed by atoms with Crippen molar-refractivity contribution in [3.05, 3.63) is 34.9 Å². The van der Waals surface area contributed by atoms with Crippen LogP contribution in [0.2, 0.25) is 0 Å². The first-order valence-electron chi connectivity index (χ1n) is 6.51. The maximum atomic E-state index is 5.77. The molecule has 0 bridgehead atoms. The molecule has 104 valence electrons. The molecule has 0 unspecified atom stereocenters. The van der Waals surface area contributed by atoms with Gasteiger partial charge in [-0.3, -0.25) is 5.10 Å². The number of H-pyrrole nitrogens is 1. The Morgan fingerprint density at radius 1 is 1.37 bits per heavy atom. The van der Waals surface area contributed by atoms with Crippen LogP contribution in [0.5, 0.6) is 5.88 Å². The van der Waals surface area contributed by atoms with Crippen molar-refractivity contribution in [3.63, 3.8) is 0 Å². The number of aromatic nitrogens is 2. The van der Waals surface area contributed by atoms with Crippen LogP contribution >= 0.6 is 0 Å². The Hall–Kier alpha value is -1.75. The van der Waals surface area contributed by atoms with E-state index in [2.05, 4.69) is 29.4 Å². The number of furan rings is 1. The SMILES string of the molecule is Cc1cc(OCc2cc(C)c(CNC(C)C)o2)n[nH]1. The molecule has 0 fully saturated rings. The zero-order valence-corrected chi connectivity index (χ0v) is 11.9. The van der Waals surface area contributed by atoms with Crippen LogP contribution in [-0.2, 0) is 13.2 Å². The fourth-order valence-electron chi connectivity index (χ4n) is 1.75.